The van der Waals surface area contributed by atoms with Gasteiger partial charge in [0, 0.05) is 5.33 Å². The number of aliphatic imine (C=N–C) groups is 1. The number of amidine groups is 1. The van der Waals surface area contributed by atoms with Crippen LogP contribution in [0.2, 0.25) is 0 Å². The molecule has 3 aliphatic rings. The van der Waals surface area contributed by atoms with Crippen molar-refractivity contribution >= 4 is 42.7 Å². The number of alkyl halides is 1. The maximum Gasteiger partial charge on any atom is 0.258 e. The Morgan fingerprint density at radius 3 is 3.07 bits per heavy atom. The van der Waals surface area contributed by atoms with E-state index < -0.39 is 9.84 Å². The Kier molecular flexibility index (Phi) is 2.43. The number of sulfone groups is 1. The van der Waals surface area contributed by atoms with Crippen molar-refractivity contribution in [2.75, 3.05) is 23.4 Å². The maximum atomic E-state index is 11.5. The zero-order valence-electron chi connectivity index (χ0n) is 8.02. The first-order valence-corrected chi connectivity index (χ1v) is 8.78. The molecule has 0 aromatic carbocycles. The second-order valence-electron chi connectivity index (χ2n) is 4.31. The summed E-state index contributed by atoms with van der Waals surface area (Å²) in [5.74, 6) is 0.597. The van der Waals surface area contributed by atoms with Gasteiger partial charge in [-0.05, 0) is 11.8 Å². The number of hydrogen-bond donors (Lipinski definition) is 1. The van der Waals surface area contributed by atoms with E-state index in [-0.39, 0.29) is 17.8 Å². The van der Waals surface area contributed by atoms with E-state index in [0.717, 1.165) is 17.0 Å². The summed E-state index contributed by atoms with van der Waals surface area (Å²) in [6, 6.07) is 0.255. The summed E-state index contributed by atoms with van der Waals surface area (Å²) in [6.07, 6.45) is 0. The number of thioether (sulfide) groups is 1. The van der Waals surface area contributed by atoms with E-state index in [1.165, 1.54) is 4.90 Å². The van der Waals surface area contributed by atoms with Gasteiger partial charge < -0.3 is 0 Å². The van der Waals surface area contributed by atoms with Crippen molar-refractivity contribution in [3.63, 3.8) is 0 Å². The average molecular weight is 312 g/mol. The second-order valence-corrected chi connectivity index (χ2v) is 8.40. The van der Waals surface area contributed by atoms with E-state index in [9.17, 15) is 8.42 Å². The first-order valence-electron chi connectivity index (χ1n) is 4.96. The number of quaternary nitrogens is 1. The molecule has 2 fully saturated rings. The molecular weight excluding hydrogens is 300 g/mol. The molecule has 15 heavy (non-hydrogen) atoms. The molecule has 2 unspecified atom stereocenters. The number of nitrogens with zero attached hydrogens (tertiary/aromatic N) is 1. The van der Waals surface area contributed by atoms with Crippen molar-refractivity contribution in [1.82, 2.24) is 0 Å². The molecule has 0 bridgehead atoms. The van der Waals surface area contributed by atoms with Crippen LogP contribution in [0.4, 0.5) is 0 Å². The maximum absolute atomic E-state index is 11.5. The molecule has 2 saturated heterocycles. The van der Waals surface area contributed by atoms with Crippen LogP contribution in [0.3, 0.4) is 0 Å². The Labute approximate surface area is 102 Å². The number of nitrogens with one attached hydrogen (secondary N) is 1. The SMILES string of the molecule is O=S1(=O)C[C@@H]2N=C3SC(CBr)C[NH+]3[C@@H]2C1. The lowest BCUT2D eigenvalue weighted by molar-refractivity contribution is -0.817. The van der Waals surface area contributed by atoms with Gasteiger partial charge in [0.2, 0.25) is 0 Å². The summed E-state index contributed by atoms with van der Waals surface area (Å²) in [4.78, 5) is 5.86. The van der Waals surface area contributed by atoms with Crippen LogP contribution in [-0.4, -0.2) is 54.3 Å². The van der Waals surface area contributed by atoms with Crippen LogP contribution in [0.25, 0.3) is 0 Å². The van der Waals surface area contributed by atoms with Crippen LogP contribution in [0.1, 0.15) is 0 Å². The fourth-order valence-corrected chi connectivity index (χ4v) is 6.34. The summed E-state index contributed by atoms with van der Waals surface area (Å²) in [7, 11) is -2.82. The molecule has 0 aliphatic carbocycles. The van der Waals surface area contributed by atoms with Gasteiger partial charge in [0.25, 0.3) is 5.17 Å². The molecular formula is C8H12BrN2O2S2+. The van der Waals surface area contributed by atoms with Crippen LogP contribution in [0.15, 0.2) is 4.99 Å². The van der Waals surface area contributed by atoms with Crippen molar-refractivity contribution in [3.8, 4) is 0 Å². The highest BCUT2D eigenvalue weighted by Gasteiger charge is 2.54. The minimum atomic E-state index is -2.82. The van der Waals surface area contributed by atoms with Crippen LogP contribution < -0.4 is 4.90 Å². The standard InChI is InChI=1S/C8H11BrN2O2S2/c9-1-5-2-11-7-4-15(12,13)3-6(7)10-8(11)14-5/h5-7H,1-4H2/p+1/t5?,6-,7+/m0/s1. The molecule has 4 atom stereocenters. The molecule has 3 rings (SSSR count). The van der Waals surface area contributed by atoms with Gasteiger partial charge >= 0.3 is 0 Å². The monoisotopic (exact) mass is 311 g/mol. The zero-order chi connectivity index (χ0) is 10.6. The third-order valence-electron chi connectivity index (χ3n) is 3.23. The van der Waals surface area contributed by atoms with Crippen molar-refractivity contribution < 1.29 is 13.3 Å². The minimum absolute atomic E-state index is 0.0452. The summed E-state index contributed by atoms with van der Waals surface area (Å²) in [5.41, 5.74) is 0. The molecule has 3 heterocycles. The molecule has 0 amide bonds. The van der Waals surface area contributed by atoms with Gasteiger partial charge in [-0.1, -0.05) is 15.9 Å². The van der Waals surface area contributed by atoms with Gasteiger partial charge in [0.05, 0.1) is 17.5 Å². The van der Waals surface area contributed by atoms with Gasteiger partial charge in [0.1, 0.15) is 17.8 Å². The summed E-state index contributed by atoms with van der Waals surface area (Å²) >= 11 is 5.28. The van der Waals surface area contributed by atoms with Gasteiger partial charge in [-0.15, -0.1) is 0 Å². The Morgan fingerprint density at radius 2 is 2.33 bits per heavy atom. The van der Waals surface area contributed by atoms with E-state index in [0.29, 0.717) is 11.0 Å². The predicted octanol–water partition coefficient (Wildman–Crippen LogP) is -1.08. The summed E-state index contributed by atoms with van der Waals surface area (Å²) in [6.45, 7) is 1.02. The normalized spacial score (nSPS) is 46.3. The molecule has 4 nitrogen and oxygen atoms in total. The van der Waals surface area contributed by atoms with Crippen LogP contribution >= 0.6 is 27.7 Å². The van der Waals surface area contributed by atoms with Gasteiger partial charge in [0.15, 0.2) is 9.84 Å². The Balaban J connectivity index is 1.86. The van der Waals surface area contributed by atoms with Crippen LogP contribution in [-0.2, 0) is 9.84 Å². The third-order valence-corrected chi connectivity index (χ3v) is 7.41. The summed E-state index contributed by atoms with van der Waals surface area (Å²) in [5, 5.41) is 2.66. The topological polar surface area (TPSA) is 50.9 Å². The number of halogens is 1. The summed E-state index contributed by atoms with van der Waals surface area (Å²) < 4.78 is 23.0. The van der Waals surface area contributed by atoms with E-state index in [1.54, 1.807) is 0 Å². The molecule has 7 heteroatoms. The van der Waals surface area contributed by atoms with Crippen LogP contribution in [0, 0.1) is 0 Å². The predicted molar refractivity (Wildman–Crippen MR) is 64.7 cm³/mol. The number of hydrogen-bond acceptors (Lipinski definition) is 4. The van der Waals surface area contributed by atoms with Gasteiger partial charge in [-0.2, -0.15) is 0 Å². The Hall–Kier alpha value is 0.410. The molecule has 3 aliphatic heterocycles. The minimum Gasteiger partial charge on any atom is -0.274 e. The van der Waals surface area contributed by atoms with Gasteiger partial charge in [-0.25, -0.2) is 13.4 Å². The fourth-order valence-electron chi connectivity index (χ4n) is 2.56. The third kappa shape index (κ3) is 1.67. The fraction of sp³-hybridized carbons (Fsp3) is 0.875. The lowest BCUT2D eigenvalue weighted by Crippen LogP contribution is -3.16. The van der Waals surface area contributed by atoms with E-state index in [4.69, 9.17) is 0 Å². The molecule has 0 aromatic rings. The molecule has 1 N–H and O–H groups in total. The second kappa shape index (κ2) is 3.45. The first kappa shape index (κ1) is 10.6. The highest BCUT2D eigenvalue weighted by Crippen LogP contribution is 2.26. The number of fused-ring (bicyclic) bond motifs is 3. The van der Waals surface area contributed by atoms with E-state index in [1.807, 2.05) is 11.8 Å². The highest BCUT2D eigenvalue weighted by molar-refractivity contribution is 9.09. The molecule has 0 radical (unpaired) electrons. The smallest absolute Gasteiger partial charge is 0.258 e. The quantitative estimate of drug-likeness (QED) is 0.627. The van der Waals surface area contributed by atoms with Crippen LogP contribution in [0.5, 0.6) is 0 Å². The molecule has 0 aromatic heterocycles. The van der Waals surface area contributed by atoms with Gasteiger partial charge in [-0.3, -0.25) is 4.90 Å². The van der Waals surface area contributed by atoms with Crippen molar-refractivity contribution in [2.24, 2.45) is 4.99 Å². The van der Waals surface area contributed by atoms with Crippen molar-refractivity contribution in [1.29, 1.82) is 0 Å². The Bertz CT molecular complexity index is 422. The molecule has 0 saturated carbocycles. The zero-order valence-corrected chi connectivity index (χ0v) is 11.2. The lowest BCUT2D eigenvalue weighted by Gasteiger charge is -2.14. The lowest BCUT2D eigenvalue weighted by atomic mass is 10.2. The van der Waals surface area contributed by atoms with Crippen molar-refractivity contribution in [3.05, 3.63) is 0 Å². The van der Waals surface area contributed by atoms with Crippen molar-refractivity contribution in [2.45, 2.75) is 17.3 Å². The Morgan fingerprint density at radius 1 is 1.53 bits per heavy atom. The highest BCUT2D eigenvalue weighted by atomic mass is 79.9. The molecule has 84 valence electrons. The largest absolute Gasteiger partial charge is 0.274 e. The van der Waals surface area contributed by atoms with E-state index in [2.05, 4.69) is 20.9 Å². The number of rotatable bonds is 1. The average Bonchev–Trinajstić information content (AvgIpc) is 2.72. The van der Waals surface area contributed by atoms with E-state index >= 15 is 0 Å². The first-order chi connectivity index (χ1) is 7.09. The molecule has 0 spiro atoms.